The highest BCUT2D eigenvalue weighted by molar-refractivity contribution is 5.49. The topological polar surface area (TPSA) is 21.3 Å². The van der Waals surface area contributed by atoms with Crippen molar-refractivity contribution < 1.29 is 4.74 Å². The fraction of sp³-hybridized carbons (Fsp3) is 0.538. The van der Waals surface area contributed by atoms with Gasteiger partial charge in [-0.1, -0.05) is 13.0 Å². The van der Waals surface area contributed by atoms with Crippen molar-refractivity contribution >= 4 is 5.69 Å². The Hall–Kier alpha value is -1.18. The van der Waals surface area contributed by atoms with Crippen LogP contribution in [0.1, 0.15) is 26.2 Å². The van der Waals surface area contributed by atoms with Gasteiger partial charge in [-0.25, -0.2) is 0 Å². The van der Waals surface area contributed by atoms with Crippen LogP contribution < -0.4 is 10.1 Å². The van der Waals surface area contributed by atoms with Gasteiger partial charge >= 0.3 is 0 Å². The van der Waals surface area contributed by atoms with Crippen molar-refractivity contribution in [2.75, 3.05) is 12.4 Å². The van der Waals surface area contributed by atoms with E-state index in [0.717, 1.165) is 11.7 Å². The molecule has 0 heterocycles. The highest BCUT2D eigenvalue weighted by Gasteiger charge is 2.29. The van der Waals surface area contributed by atoms with E-state index in [1.54, 1.807) is 7.11 Å². The Balaban J connectivity index is 2.01. The molecule has 1 fully saturated rings. The van der Waals surface area contributed by atoms with Crippen LogP contribution in [0.2, 0.25) is 0 Å². The SMILES string of the molecule is CCC(Nc1cccc(OC)c1)C1CC1. The molecule has 0 aromatic heterocycles. The molecule has 0 radical (unpaired) electrons. The molecule has 15 heavy (non-hydrogen) atoms. The average Bonchev–Trinajstić information content (AvgIpc) is 3.10. The summed E-state index contributed by atoms with van der Waals surface area (Å²) >= 11 is 0. The predicted molar refractivity (Wildman–Crippen MR) is 63.4 cm³/mol. The molecular weight excluding hydrogens is 186 g/mol. The van der Waals surface area contributed by atoms with E-state index in [0.29, 0.717) is 6.04 Å². The molecule has 1 N–H and O–H groups in total. The first-order valence-electron chi connectivity index (χ1n) is 5.74. The van der Waals surface area contributed by atoms with Crippen LogP contribution in [0.25, 0.3) is 0 Å². The highest BCUT2D eigenvalue weighted by Crippen LogP contribution is 2.35. The van der Waals surface area contributed by atoms with Crippen molar-refractivity contribution in [1.29, 1.82) is 0 Å². The third kappa shape index (κ3) is 2.65. The Kier molecular flexibility index (Phi) is 3.14. The second kappa shape index (κ2) is 4.56. The minimum atomic E-state index is 0.636. The number of rotatable bonds is 5. The van der Waals surface area contributed by atoms with Gasteiger partial charge in [0, 0.05) is 17.8 Å². The second-order valence-electron chi connectivity index (χ2n) is 4.23. The van der Waals surface area contributed by atoms with Crippen molar-refractivity contribution in [3.63, 3.8) is 0 Å². The van der Waals surface area contributed by atoms with Crippen LogP contribution in [0, 0.1) is 5.92 Å². The summed E-state index contributed by atoms with van der Waals surface area (Å²) in [5.41, 5.74) is 1.17. The average molecular weight is 205 g/mol. The zero-order valence-corrected chi connectivity index (χ0v) is 9.49. The van der Waals surface area contributed by atoms with E-state index >= 15 is 0 Å². The minimum absolute atomic E-state index is 0.636. The van der Waals surface area contributed by atoms with E-state index in [-0.39, 0.29) is 0 Å². The highest BCUT2D eigenvalue weighted by atomic mass is 16.5. The quantitative estimate of drug-likeness (QED) is 0.796. The summed E-state index contributed by atoms with van der Waals surface area (Å²) in [4.78, 5) is 0. The maximum absolute atomic E-state index is 5.21. The monoisotopic (exact) mass is 205 g/mol. The number of hydrogen-bond donors (Lipinski definition) is 1. The molecule has 1 aliphatic rings. The molecule has 2 heteroatoms. The molecule has 2 rings (SSSR count). The number of benzene rings is 1. The van der Waals surface area contributed by atoms with Gasteiger partial charge in [-0.15, -0.1) is 0 Å². The summed E-state index contributed by atoms with van der Waals surface area (Å²) in [6.07, 6.45) is 3.97. The van der Waals surface area contributed by atoms with Crippen LogP contribution in [-0.2, 0) is 0 Å². The normalized spacial score (nSPS) is 17.2. The number of hydrogen-bond acceptors (Lipinski definition) is 2. The first-order valence-corrected chi connectivity index (χ1v) is 5.74. The van der Waals surface area contributed by atoms with Gasteiger partial charge < -0.3 is 10.1 Å². The van der Waals surface area contributed by atoms with Gasteiger partial charge in [-0.05, 0) is 37.3 Å². The zero-order chi connectivity index (χ0) is 10.7. The van der Waals surface area contributed by atoms with Crippen LogP contribution in [0.5, 0.6) is 5.75 Å². The summed E-state index contributed by atoms with van der Waals surface area (Å²) in [6, 6.07) is 8.81. The number of methoxy groups -OCH3 is 1. The summed E-state index contributed by atoms with van der Waals surface area (Å²) in [5.74, 6) is 1.81. The second-order valence-corrected chi connectivity index (χ2v) is 4.23. The Morgan fingerprint density at radius 3 is 2.87 bits per heavy atom. The standard InChI is InChI=1S/C13H19NO/c1-3-13(10-7-8-10)14-11-5-4-6-12(9-11)15-2/h4-6,9-10,13-14H,3,7-8H2,1-2H3. The lowest BCUT2D eigenvalue weighted by Crippen LogP contribution is -2.20. The molecule has 1 aromatic carbocycles. The van der Waals surface area contributed by atoms with Gasteiger partial charge in [0.1, 0.15) is 5.75 Å². The van der Waals surface area contributed by atoms with Gasteiger partial charge in [0.05, 0.1) is 7.11 Å². The van der Waals surface area contributed by atoms with E-state index in [1.807, 2.05) is 12.1 Å². The Labute approximate surface area is 91.6 Å². The predicted octanol–water partition coefficient (Wildman–Crippen LogP) is 3.30. The van der Waals surface area contributed by atoms with E-state index in [4.69, 9.17) is 4.74 Å². The molecule has 0 amide bonds. The van der Waals surface area contributed by atoms with E-state index in [9.17, 15) is 0 Å². The molecule has 0 spiro atoms. The maximum atomic E-state index is 5.21. The smallest absolute Gasteiger partial charge is 0.120 e. The lowest BCUT2D eigenvalue weighted by molar-refractivity contribution is 0.415. The Morgan fingerprint density at radius 2 is 2.27 bits per heavy atom. The Morgan fingerprint density at radius 1 is 1.47 bits per heavy atom. The lowest BCUT2D eigenvalue weighted by Gasteiger charge is -2.17. The molecule has 1 aromatic rings. The third-order valence-corrected chi connectivity index (χ3v) is 3.05. The molecule has 1 unspecified atom stereocenters. The van der Waals surface area contributed by atoms with Crippen molar-refractivity contribution in [2.24, 2.45) is 5.92 Å². The van der Waals surface area contributed by atoms with Gasteiger partial charge in [-0.3, -0.25) is 0 Å². The summed E-state index contributed by atoms with van der Waals surface area (Å²) in [5, 5.41) is 3.59. The van der Waals surface area contributed by atoms with Crippen molar-refractivity contribution in [1.82, 2.24) is 0 Å². The van der Waals surface area contributed by atoms with E-state index < -0.39 is 0 Å². The van der Waals surface area contributed by atoms with Crippen LogP contribution in [0.4, 0.5) is 5.69 Å². The number of anilines is 1. The third-order valence-electron chi connectivity index (χ3n) is 3.05. The summed E-state index contributed by atoms with van der Waals surface area (Å²) < 4.78 is 5.21. The lowest BCUT2D eigenvalue weighted by atomic mass is 10.1. The van der Waals surface area contributed by atoms with Gasteiger partial charge in [0.2, 0.25) is 0 Å². The fourth-order valence-corrected chi connectivity index (χ4v) is 1.98. The van der Waals surface area contributed by atoms with Crippen molar-refractivity contribution in [3.8, 4) is 5.75 Å². The molecule has 0 aliphatic heterocycles. The molecule has 0 bridgehead atoms. The van der Waals surface area contributed by atoms with Crippen LogP contribution >= 0.6 is 0 Å². The van der Waals surface area contributed by atoms with Gasteiger partial charge in [0.15, 0.2) is 0 Å². The minimum Gasteiger partial charge on any atom is -0.497 e. The first kappa shape index (κ1) is 10.3. The van der Waals surface area contributed by atoms with Gasteiger partial charge in [0.25, 0.3) is 0 Å². The first-order chi connectivity index (χ1) is 7.33. The largest absolute Gasteiger partial charge is 0.497 e. The Bertz CT molecular complexity index is 320. The summed E-state index contributed by atoms with van der Waals surface area (Å²) in [6.45, 7) is 2.25. The fourth-order valence-electron chi connectivity index (χ4n) is 1.98. The van der Waals surface area contributed by atoms with Crippen LogP contribution in [-0.4, -0.2) is 13.2 Å². The van der Waals surface area contributed by atoms with Crippen molar-refractivity contribution in [3.05, 3.63) is 24.3 Å². The maximum Gasteiger partial charge on any atom is 0.120 e. The van der Waals surface area contributed by atoms with Crippen LogP contribution in [0.15, 0.2) is 24.3 Å². The number of ether oxygens (including phenoxy) is 1. The molecule has 2 nitrogen and oxygen atoms in total. The van der Waals surface area contributed by atoms with Crippen LogP contribution in [0.3, 0.4) is 0 Å². The zero-order valence-electron chi connectivity index (χ0n) is 9.49. The van der Waals surface area contributed by atoms with Crippen molar-refractivity contribution in [2.45, 2.75) is 32.2 Å². The van der Waals surface area contributed by atoms with E-state index in [1.165, 1.54) is 24.9 Å². The molecule has 1 saturated carbocycles. The molecular formula is C13H19NO. The molecule has 82 valence electrons. The molecule has 1 atom stereocenters. The molecule has 0 saturated heterocycles. The van der Waals surface area contributed by atoms with E-state index in [2.05, 4.69) is 24.4 Å². The van der Waals surface area contributed by atoms with Gasteiger partial charge in [-0.2, -0.15) is 0 Å². The number of nitrogens with one attached hydrogen (secondary N) is 1. The molecule has 1 aliphatic carbocycles. The summed E-state index contributed by atoms with van der Waals surface area (Å²) in [7, 11) is 1.71.